The molecule has 0 bridgehead atoms. The maximum absolute atomic E-state index is 11.9. The van der Waals surface area contributed by atoms with E-state index in [0.717, 1.165) is 0 Å². The number of carbonyl (C=O) groups excluding carboxylic acids is 1. The number of halogens is 3. The molecule has 2 N–H and O–H groups in total. The van der Waals surface area contributed by atoms with Crippen molar-refractivity contribution in [1.82, 2.24) is 15.6 Å². The van der Waals surface area contributed by atoms with Crippen molar-refractivity contribution in [3.8, 4) is 5.88 Å². The molecule has 0 saturated carbocycles. The monoisotopic (exact) mass is 371 g/mol. The van der Waals surface area contributed by atoms with Gasteiger partial charge in [-0.1, -0.05) is 11.6 Å². The van der Waals surface area contributed by atoms with E-state index in [4.69, 9.17) is 21.1 Å². The van der Waals surface area contributed by atoms with E-state index < -0.39 is 0 Å². The predicted octanol–water partition coefficient (Wildman–Crippen LogP) is 1.45. The van der Waals surface area contributed by atoms with Crippen LogP contribution >= 0.6 is 36.4 Å². The highest BCUT2D eigenvalue weighted by Crippen LogP contribution is 2.19. The number of carbonyl (C=O) groups is 1. The van der Waals surface area contributed by atoms with Crippen LogP contribution in [0.3, 0.4) is 0 Å². The van der Waals surface area contributed by atoms with Crippen LogP contribution in [0.5, 0.6) is 5.88 Å². The maximum atomic E-state index is 11.9. The van der Waals surface area contributed by atoms with Crippen molar-refractivity contribution < 1.29 is 14.3 Å². The zero-order chi connectivity index (χ0) is 14.4. The average molecular weight is 373 g/mol. The molecule has 0 unspecified atom stereocenters. The summed E-state index contributed by atoms with van der Waals surface area (Å²) in [6.07, 6.45) is 1.47. The Morgan fingerprint density at radius 2 is 2.36 bits per heavy atom. The van der Waals surface area contributed by atoms with Crippen LogP contribution in [0.2, 0.25) is 5.02 Å². The molecular formula is C13H20Cl3N3O3. The molecule has 0 aromatic carbocycles. The molecule has 126 valence electrons. The summed E-state index contributed by atoms with van der Waals surface area (Å²) in [5.74, 6) is 0.281. The lowest BCUT2D eigenvalue weighted by Crippen LogP contribution is -2.55. The lowest BCUT2D eigenvalue weighted by molar-refractivity contribution is -0.129. The summed E-state index contributed by atoms with van der Waals surface area (Å²) in [4.78, 5) is 15.9. The van der Waals surface area contributed by atoms with Gasteiger partial charge in [-0.15, -0.1) is 24.8 Å². The Labute approximate surface area is 147 Å². The number of hydrogen-bond donors (Lipinski definition) is 2. The van der Waals surface area contributed by atoms with Gasteiger partial charge in [0.1, 0.15) is 17.7 Å². The summed E-state index contributed by atoms with van der Waals surface area (Å²) in [7, 11) is 0. The average Bonchev–Trinajstić information content (AvgIpc) is 2.45. The van der Waals surface area contributed by atoms with E-state index in [1.807, 2.05) is 6.92 Å². The van der Waals surface area contributed by atoms with Crippen LogP contribution in [0.15, 0.2) is 18.3 Å². The van der Waals surface area contributed by atoms with Crippen LogP contribution < -0.4 is 15.4 Å². The first kappa shape index (κ1) is 21.2. The largest absolute Gasteiger partial charge is 0.475 e. The number of hydrogen-bond acceptors (Lipinski definition) is 5. The molecule has 9 heteroatoms. The number of ether oxygens (including phenoxy) is 2. The van der Waals surface area contributed by atoms with Gasteiger partial charge in [0.15, 0.2) is 0 Å². The van der Waals surface area contributed by atoms with E-state index in [-0.39, 0.29) is 42.9 Å². The van der Waals surface area contributed by atoms with Gasteiger partial charge in [-0.25, -0.2) is 4.98 Å². The van der Waals surface area contributed by atoms with Crippen LogP contribution in [-0.2, 0) is 9.53 Å². The van der Waals surface area contributed by atoms with Crippen LogP contribution in [0.1, 0.15) is 6.92 Å². The summed E-state index contributed by atoms with van der Waals surface area (Å²) in [6.45, 7) is 3.89. The number of amides is 1. The molecule has 2 atom stereocenters. The van der Waals surface area contributed by atoms with Crippen LogP contribution in [0.4, 0.5) is 0 Å². The van der Waals surface area contributed by atoms with Gasteiger partial charge in [0.05, 0.1) is 19.3 Å². The number of aromatic nitrogens is 1. The Kier molecular flexibility index (Phi) is 10.5. The van der Waals surface area contributed by atoms with Crippen LogP contribution in [0.25, 0.3) is 0 Å². The molecule has 1 fully saturated rings. The van der Waals surface area contributed by atoms with Crippen molar-refractivity contribution in [3.05, 3.63) is 23.4 Å². The molecule has 1 aromatic rings. The summed E-state index contributed by atoms with van der Waals surface area (Å²) in [5, 5.41) is 6.37. The minimum atomic E-state index is -0.317. The number of nitrogens with one attached hydrogen (secondary N) is 2. The quantitative estimate of drug-likeness (QED) is 0.766. The van der Waals surface area contributed by atoms with Crippen molar-refractivity contribution in [3.63, 3.8) is 0 Å². The van der Waals surface area contributed by atoms with Gasteiger partial charge in [0.25, 0.3) is 0 Å². The lowest BCUT2D eigenvalue weighted by Gasteiger charge is -2.29. The third-order valence-corrected chi connectivity index (χ3v) is 3.25. The van der Waals surface area contributed by atoms with Gasteiger partial charge < -0.3 is 20.1 Å². The van der Waals surface area contributed by atoms with Crippen molar-refractivity contribution >= 4 is 42.3 Å². The first-order valence-corrected chi connectivity index (χ1v) is 6.92. The lowest BCUT2D eigenvalue weighted by atomic mass is 10.1. The molecule has 22 heavy (non-hydrogen) atoms. The van der Waals surface area contributed by atoms with Gasteiger partial charge >= 0.3 is 0 Å². The molecule has 1 aliphatic rings. The predicted molar refractivity (Wildman–Crippen MR) is 89.5 cm³/mol. The van der Waals surface area contributed by atoms with Gasteiger partial charge in [-0.2, -0.15) is 0 Å². The Morgan fingerprint density at radius 1 is 1.59 bits per heavy atom. The van der Waals surface area contributed by atoms with Gasteiger partial charge in [0.2, 0.25) is 11.8 Å². The first-order valence-electron chi connectivity index (χ1n) is 6.54. The third-order valence-electron chi connectivity index (χ3n) is 2.96. The fourth-order valence-corrected chi connectivity index (χ4v) is 2.11. The SMILES string of the molecule is C[C@H]1OCCN[C@@H]1C(=O)NCCOc1ncccc1Cl.Cl.Cl. The topological polar surface area (TPSA) is 72.5 Å². The first-order chi connectivity index (χ1) is 9.68. The summed E-state index contributed by atoms with van der Waals surface area (Å²) < 4.78 is 10.8. The Hall–Kier alpha value is -0.790. The van der Waals surface area contributed by atoms with E-state index >= 15 is 0 Å². The number of rotatable bonds is 5. The smallest absolute Gasteiger partial charge is 0.239 e. The van der Waals surface area contributed by atoms with Gasteiger partial charge in [0, 0.05) is 12.7 Å². The molecule has 6 nitrogen and oxygen atoms in total. The third kappa shape index (κ3) is 6.14. The molecule has 2 heterocycles. The second kappa shape index (κ2) is 10.9. The number of pyridine rings is 1. The van der Waals surface area contributed by atoms with Crippen LogP contribution in [-0.4, -0.2) is 49.3 Å². The zero-order valence-electron chi connectivity index (χ0n) is 12.1. The molecule has 1 aromatic heterocycles. The van der Waals surface area contributed by atoms with E-state index in [1.54, 1.807) is 18.3 Å². The normalized spacial score (nSPS) is 20.3. The number of nitrogens with zero attached hydrogens (tertiary/aromatic N) is 1. The standard InChI is InChI=1S/C13H18ClN3O3.2ClH/c1-9-11(15-5-7-19-9)12(18)16-6-8-20-13-10(14)3-2-4-17-13;;/h2-4,9,11,15H,5-8H2,1H3,(H,16,18);2*1H/t9-,11+;;/m1../s1. The highest BCUT2D eigenvalue weighted by Gasteiger charge is 2.27. The molecule has 2 rings (SSSR count). The van der Waals surface area contributed by atoms with Crippen LogP contribution in [0, 0.1) is 0 Å². The fourth-order valence-electron chi connectivity index (χ4n) is 1.94. The van der Waals surface area contributed by atoms with Crippen molar-refractivity contribution in [2.45, 2.75) is 19.1 Å². The minimum Gasteiger partial charge on any atom is -0.475 e. The molecule has 1 saturated heterocycles. The Bertz CT molecular complexity index is 465. The highest BCUT2D eigenvalue weighted by molar-refractivity contribution is 6.31. The Balaban J connectivity index is 0.00000220. The maximum Gasteiger partial charge on any atom is 0.239 e. The molecule has 1 amide bonds. The molecule has 0 aliphatic carbocycles. The minimum absolute atomic E-state index is 0. The van der Waals surface area contributed by atoms with E-state index in [0.29, 0.717) is 37.2 Å². The van der Waals surface area contributed by atoms with Crippen molar-refractivity contribution in [2.75, 3.05) is 26.3 Å². The van der Waals surface area contributed by atoms with Crippen molar-refractivity contribution in [2.24, 2.45) is 0 Å². The van der Waals surface area contributed by atoms with Gasteiger partial charge in [-0.3, -0.25) is 4.79 Å². The van der Waals surface area contributed by atoms with E-state index in [1.165, 1.54) is 0 Å². The number of morpholine rings is 1. The van der Waals surface area contributed by atoms with Crippen molar-refractivity contribution in [1.29, 1.82) is 0 Å². The molecular weight excluding hydrogens is 353 g/mol. The molecule has 0 radical (unpaired) electrons. The second-order valence-corrected chi connectivity index (χ2v) is 4.84. The molecule has 0 spiro atoms. The summed E-state index contributed by atoms with van der Waals surface area (Å²) >= 11 is 5.91. The van der Waals surface area contributed by atoms with E-state index in [2.05, 4.69) is 15.6 Å². The Morgan fingerprint density at radius 3 is 3.05 bits per heavy atom. The summed E-state index contributed by atoms with van der Waals surface area (Å²) in [6, 6.07) is 3.11. The molecule has 1 aliphatic heterocycles. The summed E-state index contributed by atoms with van der Waals surface area (Å²) in [5.41, 5.74) is 0. The second-order valence-electron chi connectivity index (χ2n) is 4.44. The van der Waals surface area contributed by atoms with Gasteiger partial charge in [-0.05, 0) is 19.1 Å². The van der Waals surface area contributed by atoms with E-state index in [9.17, 15) is 4.79 Å². The fraction of sp³-hybridized carbons (Fsp3) is 0.538. The zero-order valence-corrected chi connectivity index (χ0v) is 14.5. The highest BCUT2D eigenvalue weighted by atomic mass is 35.5.